The Bertz CT molecular complexity index is 294. The van der Waals surface area contributed by atoms with E-state index in [4.69, 9.17) is 14.9 Å². The molecule has 1 aromatic rings. The van der Waals surface area contributed by atoms with Crippen LogP contribution in [0.15, 0.2) is 12.1 Å². The van der Waals surface area contributed by atoms with E-state index in [1.807, 2.05) is 13.0 Å². The average molecular weight is 182 g/mol. The smallest absolute Gasteiger partial charge is 0.124 e. The van der Waals surface area contributed by atoms with Crippen LogP contribution in [-0.4, -0.2) is 17.3 Å². The minimum Gasteiger partial charge on any atom is -0.496 e. The number of methoxy groups -OCH3 is 1. The van der Waals surface area contributed by atoms with Crippen molar-refractivity contribution in [2.75, 3.05) is 7.11 Å². The average Bonchev–Trinajstić information content (AvgIpc) is 2.17. The van der Waals surface area contributed by atoms with Gasteiger partial charge >= 0.3 is 0 Å². The molecule has 0 aliphatic rings. The first kappa shape index (κ1) is 10.0. The molecule has 13 heavy (non-hydrogen) atoms. The van der Waals surface area contributed by atoms with Gasteiger partial charge < -0.3 is 14.9 Å². The summed E-state index contributed by atoms with van der Waals surface area (Å²) in [7, 11) is 1.55. The van der Waals surface area contributed by atoms with Crippen LogP contribution in [0.2, 0.25) is 0 Å². The first-order chi connectivity index (χ1) is 6.22. The highest BCUT2D eigenvalue weighted by atomic mass is 16.5. The van der Waals surface area contributed by atoms with Crippen LogP contribution in [0.25, 0.3) is 0 Å². The van der Waals surface area contributed by atoms with Gasteiger partial charge in [-0.1, -0.05) is 0 Å². The lowest BCUT2D eigenvalue weighted by Crippen LogP contribution is -1.97. The summed E-state index contributed by atoms with van der Waals surface area (Å²) in [5.41, 5.74) is 2.54. The Morgan fingerprint density at radius 1 is 1.15 bits per heavy atom. The van der Waals surface area contributed by atoms with Gasteiger partial charge in [-0.05, 0) is 30.2 Å². The molecule has 0 heterocycles. The zero-order valence-electron chi connectivity index (χ0n) is 7.87. The monoisotopic (exact) mass is 182 g/mol. The first-order valence-corrected chi connectivity index (χ1v) is 4.11. The molecule has 1 aromatic carbocycles. The molecule has 0 aliphatic heterocycles. The Hall–Kier alpha value is -1.06. The van der Waals surface area contributed by atoms with Gasteiger partial charge in [-0.15, -0.1) is 0 Å². The van der Waals surface area contributed by atoms with E-state index in [0.29, 0.717) is 5.75 Å². The van der Waals surface area contributed by atoms with Crippen LogP contribution in [0.4, 0.5) is 0 Å². The van der Waals surface area contributed by atoms with Crippen LogP contribution < -0.4 is 4.74 Å². The second kappa shape index (κ2) is 4.25. The van der Waals surface area contributed by atoms with Crippen LogP contribution in [0.3, 0.4) is 0 Å². The molecule has 0 aliphatic carbocycles. The number of aryl methyl sites for hydroxylation is 1. The number of ether oxygens (including phenoxy) is 1. The van der Waals surface area contributed by atoms with Crippen LogP contribution in [-0.2, 0) is 13.2 Å². The van der Waals surface area contributed by atoms with E-state index in [-0.39, 0.29) is 13.2 Å². The summed E-state index contributed by atoms with van der Waals surface area (Å²) in [6, 6.07) is 3.57. The van der Waals surface area contributed by atoms with Gasteiger partial charge in [0.05, 0.1) is 20.3 Å². The number of aliphatic hydroxyl groups excluding tert-OH is 2. The zero-order valence-corrected chi connectivity index (χ0v) is 7.87. The van der Waals surface area contributed by atoms with Gasteiger partial charge in [0, 0.05) is 5.56 Å². The van der Waals surface area contributed by atoms with Crippen molar-refractivity contribution in [3.63, 3.8) is 0 Å². The van der Waals surface area contributed by atoms with Gasteiger partial charge in [0.1, 0.15) is 5.75 Å². The van der Waals surface area contributed by atoms with Crippen molar-refractivity contribution < 1.29 is 14.9 Å². The van der Waals surface area contributed by atoms with E-state index in [1.165, 1.54) is 0 Å². The van der Waals surface area contributed by atoms with E-state index in [2.05, 4.69) is 0 Å². The third-order valence-corrected chi connectivity index (χ3v) is 2.08. The fraction of sp³-hybridized carbons (Fsp3) is 0.400. The molecule has 0 fully saturated rings. The summed E-state index contributed by atoms with van der Waals surface area (Å²) < 4.78 is 5.06. The van der Waals surface area contributed by atoms with E-state index < -0.39 is 0 Å². The van der Waals surface area contributed by atoms with Crippen molar-refractivity contribution in [3.05, 3.63) is 28.8 Å². The van der Waals surface area contributed by atoms with Crippen molar-refractivity contribution in [1.82, 2.24) is 0 Å². The predicted molar refractivity (Wildman–Crippen MR) is 49.6 cm³/mol. The minimum absolute atomic E-state index is 0.00605. The summed E-state index contributed by atoms with van der Waals surface area (Å²) in [5.74, 6) is 0.622. The molecule has 3 nitrogen and oxygen atoms in total. The van der Waals surface area contributed by atoms with Crippen molar-refractivity contribution >= 4 is 0 Å². The van der Waals surface area contributed by atoms with E-state index >= 15 is 0 Å². The van der Waals surface area contributed by atoms with Crippen molar-refractivity contribution in [1.29, 1.82) is 0 Å². The van der Waals surface area contributed by atoms with Gasteiger partial charge in [-0.2, -0.15) is 0 Å². The number of hydrogen-bond acceptors (Lipinski definition) is 3. The lowest BCUT2D eigenvalue weighted by Gasteiger charge is -2.10. The lowest BCUT2D eigenvalue weighted by molar-refractivity contribution is 0.270. The van der Waals surface area contributed by atoms with Crippen molar-refractivity contribution in [2.45, 2.75) is 20.1 Å². The molecular weight excluding hydrogens is 168 g/mol. The molecule has 1 rings (SSSR count). The standard InChI is InChI=1S/C10H14O3/c1-7-3-9(6-12)10(13-2)4-8(7)5-11/h3-4,11-12H,5-6H2,1-2H3. The third-order valence-electron chi connectivity index (χ3n) is 2.08. The summed E-state index contributed by atoms with van der Waals surface area (Å²) in [6.45, 7) is 1.84. The van der Waals surface area contributed by atoms with Gasteiger partial charge in [0.2, 0.25) is 0 Å². The zero-order chi connectivity index (χ0) is 9.84. The quantitative estimate of drug-likeness (QED) is 0.732. The summed E-state index contributed by atoms with van der Waals surface area (Å²) >= 11 is 0. The van der Waals surface area contributed by atoms with Crippen LogP contribution in [0.1, 0.15) is 16.7 Å². The number of benzene rings is 1. The van der Waals surface area contributed by atoms with Crippen molar-refractivity contribution in [3.8, 4) is 5.75 Å². The molecular formula is C10H14O3. The second-order valence-electron chi connectivity index (χ2n) is 2.91. The van der Waals surface area contributed by atoms with E-state index in [0.717, 1.165) is 16.7 Å². The minimum atomic E-state index is -0.0459. The predicted octanol–water partition coefficient (Wildman–Crippen LogP) is 0.988. The molecule has 0 saturated carbocycles. The SMILES string of the molecule is COc1cc(CO)c(C)cc1CO. The maximum Gasteiger partial charge on any atom is 0.124 e. The fourth-order valence-corrected chi connectivity index (χ4v) is 1.27. The van der Waals surface area contributed by atoms with E-state index in [1.54, 1.807) is 13.2 Å². The Kier molecular flexibility index (Phi) is 3.28. The Balaban J connectivity index is 3.18. The third kappa shape index (κ3) is 1.99. The highest BCUT2D eigenvalue weighted by molar-refractivity contribution is 5.41. The summed E-state index contributed by atoms with van der Waals surface area (Å²) in [6.07, 6.45) is 0. The maximum absolute atomic E-state index is 9.00. The number of aliphatic hydroxyl groups is 2. The molecule has 0 unspecified atom stereocenters. The second-order valence-corrected chi connectivity index (χ2v) is 2.91. The van der Waals surface area contributed by atoms with Crippen LogP contribution in [0, 0.1) is 6.92 Å². The number of hydrogen-bond donors (Lipinski definition) is 2. The molecule has 2 N–H and O–H groups in total. The van der Waals surface area contributed by atoms with E-state index in [9.17, 15) is 0 Å². The number of rotatable bonds is 3. The Morgan fingerprint density at radius 3 is 2.23 bits per heavy atom. The molecule has 3 heteroatoms. The van der Waals surface area contributed by atoms with Crippen LogP contribution >= 0.6 is 0 Å². The van der Waals surface area contributed by atoms with Gasteiger partial charge in [0.15, 0.2) is 0 Å². The lowest BCUT2D eigenvalue weighted by atomic mass is 10.0. The highest BCUT2D eigenvalue weighted by Gasteiger charge is 2.05. The molecule has 0 aromatic heterocycles. The molecule has 0 amide bonds. The fourth-order valence-electron chi connectivity index (χ4n) is 1.27. The molecule has 0 spiro atoms. The Labute approximate surface area is 77.6 Å². The molecule has 0 bridgehead atoms. The first-order valence-electron chi connectivity index (χ1n) is 4.11. The largest absolute Gasteiger partial charge is 0.496 e. The summed E-state index contributed by atoms with van der Waals surface area (Å²) in [4.78, 5) is 0. The van der Waals surface area contributed by atoms with Gasteiger partial charge in [-0.25, -0.2) is 0 Å². The van der Waals surface area contributed by atoms with Gasteiger partial charge in [-0.3, -0.25) is 0 Å². The molecule has 0 saturated heterocycles. The Morgan fingerprint density at radius 2 is 1.77 bits per heavy atom. The van der Waals surface area contributed by atoms with Crippen molar-refractivity contribution in [2.24, 2.45) is 0 Å². The topological polar surface area (TPSA) is 49.7 Å². The molecule has 0 radical (unpaired) electrons. The molecule has 72 valence electrons. The normalized spacial score (nSPS) is 10.2. The van der Waals surface area contributed by atoms with Crippen LogP contribution in [0.5, 0.6) is 5.75 Å². The summed E-state index contributed by atoms with van der Waals surface area (Å²) in [5, 5.41) is 18.0. The molecule has 0 atom stereocenters. The maximum atomic E-state index is 9.00. The highest BCUT2D eigenvalue weighted by Crippen LogP contribution is 2.23. The van der Waals surface area contributed by atoms with Gasteiger partial charge in [0.25, 0.3) is 0 Å².